The number of aryl methyl sites for hydroxylation is 1. The molecule has 2 atom stereocenters. The number of H-pyrrole nitrogens is 1. The van der Waals surface area contributed by atoms with Crippen molar-refractivity contribution in [2.75, 3.05) is 6.61 Å². The number of rotatable bonds is 5. The fourth-order valence-corrected chi connectivity index (χ4v) is 3.63. The molecule has 1 saturated heterocycles. The van der Waals surface area contributed by atoms with Crippen LogP contribution in [0.3, 0.4) is 0 Å². The Morgan fingerprint density at radius 2 is 2.33 bits per heavy atom. The van der Waals surface area contributed by atoms with Crippen LogP contribution in [0.25, 0.3) is 10.9 Å². The van der Waals surface area contributed by atoms with E-state index >= 15 is 0 Å². The summed E-state index contributed by atoms with van der Waals surface area (Å²) in [7, 11) is 0. The largest absolute Gasteiger partial charge is 0.369 e. The van der Waals surface area contributed by atoms with Crippen LogP contribution in [0.5, 0.6) is 0 Å². The van der Waals surface area contributed by atoms with Crippen molar-refractivity contribution in [1.82, 2.24) is 19.9 Å². The van der Waals surface area contributed by atoms with Gasteiger partial charge in [0.05, 0.1) is 0 Å². The van der Waals surface area contributed by atoms with Crippen LogP contribution in [0.4, 0.5) is 0 Å². The van der Waals surface area contributed by atoms with Gasteiger partial charge >= 0.3 is 0 Å². The summed E-state index contributed by atoms with van der Waals surface area (Å²) >= 11 is 0. The van der Waals surface area contributed by atoms with Crippen molar-refractivity contribution in [2.45, 2.75) is 45.0 Å². The molecule has 0 radical (unpaired) electrons. The van der Waals surface area contributed by atoms with E-state index in [9.17, 15) is 0 Å². The first-order chi connectivity index (χ1) is 11.9. The van der Waals surface area contributed by atoms with Crippen molar-refractivity contribution in [3.8, 4) is 0 Å². The summed E-state index contributed by atoms with van der Waals surface area (Å²) in [6.07, 6.45) is 8.13. The zero-order chi connectivity index (χ0) is 16.4. The quantitative estimate of drug-likeness (QED) is 0.756. The van der Waals surface area contributed by atoms with Gasteiger partial charge in [-0.3, -0.25) is 0 Å². The molecule has 0 saturated carbocycles. The van der Waals surface area contributed by atoms with Gasteiger partial charge in [0.2, 0.25) is 0 Å². The van der Waals surface area contributed by atoms with Crippen molar-refractivity contribution in [1.29, 1.82) is 0 Å². The van der Waals surface area contributed by atoms with E-state index in [-0.39, 0.29) is 12.1 Å². The molecular formula is C19H24N4O. The number of aromatic amines is 1. The van der Waals surface area contributed by atoms with E-state index in [4.69, 9.17) is 4.74 Å². The zero-order valence-corrected chi connectivity index (χ0v) is 14.0. The summed E-state index contributed by atoms with van der Waals surface area (Å²) in [5.41, 5.74) is 2.51. The maximum atomic E-state index is 6.08. The second-order valence-corrected chi connectivity index (χ2v) is 6.35. The third-order valence-corrected chi connectivity index (χ3v) is 4.89. The molecular weight excluding hydrogens is 300 g/mol. The van der Waals surface area contributed by atoms with Crippen LogP contribution in [0, 0.1) is 0 Å². The van der Waals surface area contributed by atoms with Gasteiger partial charge in [-0.25, -0.2) is 4.98 Å². The minimum absolute atomic E-state index is 0.0246. The summed E-state index contributed by atoms with van der Waals surface area (Å²) in [4.78, 5) is 7.89. The molecule has 5 heteroatoms. The number of hydrogen-bond donors (Lipinski definition) is 2. The normalized spacial score (nSPS) is 21.4. The van der Waals surface area contributed by atoms with E-state index in [1.54, 1.807) is 0 Å². The van der Waals surface area contributed by atoms with Gasteiger partial charge in [-0.1, -0.05) is 18.2 Å². The predicted molar refractivity (Wildman–Crippen MR) is 94.8 cm³/mol. The molecule has 3 heterocycles. The Hall–Kier alpha value is -2.11. The highest BCUT2D eigenvalue weighted by Gasteiger charge is 2.30. The summed E-state index contributed by atoms with van der Waals surface area (Å²) in [6.45, 7) is 4.70. The van der Waals surface area contributed by atoms with E-state index in [1.165, 1.54) is 16.5 Å². The molecule has 126 valence electrons. The molecule has 4 rings (SSSR count). The molecule has 1 aliphatic rings. The second-order valence-electron chi connectivity index (χ2n) is 6.35. The Labute approximate surface area is 142 Å². The SMILES string of the molecule is CCn1ccnc1[C@H]1OCCC[C@@H]1NCc1cccc2cc[nH]c12. The molecule has 1 fully saturated rings. The molecule has 5 nitrogen and oxygen atoms in total. The maximum Gasteiger partial charge on any atom is 0.139 e. The first-order valence-electron chi connectivity index (χ1n) is 8.78. The lowest BCUT2D eigenvalue weighted by Gasteiger charge is -2.32. The number of benzene rings is 1. The fraction of sp³-hybridized carbons (Fsp3) is 0.421. The highest BCUT2D eigenvalue weighted by molar-refractivity contribution is 5.82. The summed E-state index contributed by atoms with van der Waals surface area (Å²) in [5.74, 6) is 1.03. The Balaban J connectivity index is 1.52. The average molecular weight is 324 g/mol. The number of fused-ring (bicyclic) bond motifs is 1. The first kappa shape index (κ1) is 15.4. The van der Waals surface area contributed by atoms with Crippen LogP contribution in [0.2, 0.25) is 0 Å². The zero-order valence-electron chi connectivity index (χ0n) is 14.0. The second kappa shape index (κ2) is 6.79. The van der Waals surface area contributed by atoms with Crippen LogP contribution in [-0.2, 0) is 17.8 Å². The van der Waals surface area contributed by atoms with Crippen LogP contribution in [0.1, 0.15) is 37.3 Å². The van der Waals surface area contributed by atoms with Crippen LogP contribution < -0.4 is 5.32 Å². The van der Waals surface area contributed by atoms with Gasteiger partial charge in [0.1, 0.15) is 11.9 Å². The number of aromatic nitrogens is 3. The van der Waals surface area contributed by atoms with E-state index in [2.05, 4.69) is 51.0 Å². The molecule has 0 bridgehead atoms. The average Bonchev–Trinajstić information content (AvgIpc) is 3.29. The monoisotopic (exact) mass is 324 g/mol. The number of nitrogens with one attached hydrogen (secondary N) is 2. The number of imidazole rings is 1. The third kappa shape index (κ3) is 2.85. The Morgan fingerprint density at radius 1 is 1.38 bits per heavy atom. The lowest BCUT2D eigenvalue weighted by atomic mass is 10.0. The van der Waals surface area contributed by atoms with Gasteiger partial charge in [0, 0.05) is 49.8 Å². The number of para-hydroxylation sites is 1. The van der Waals surface area contributed by atoms with Crippen molar-refractivity contribution >= 4 is 10.9 Å². The smallest absolute Gasteiger partial charge is 0.139 e. The van der Waals surface area contributed by atoms with E-state index in [1.807, 2.05) is 18.6 Å². The molecule has 1 aromatic carbocycles. The minimum Gasteiger partial charge on any atom is -0.369 e. The molecule has 24 heavy (non-hydrogen) atoms. The third-order valence-electron chi connectivity index (χ3n) is 4.89. The molecule has 2 aromatic heterocycles. The lowest BCUT2D eigenvalue weighted by molar-refractivity contribution is -0.0182. The van der Waals surface area contributed by atoms with Gasteiger partial charge < -0.3 is 19.6 Å². The summed E-state index contributed by atoms with van der Waals surface area (Å²) in [5, 5.41) is 4.97. The maximum absolute atomic E-state index is 6.08. The molecule has 0 spiro atoms. The molecule has 1 aliphatic heterocycles. The molecule has 0 unspecified atom stereocenters. The van der Waals surface area contributed by atoms with Crippen LogP contribution in [-0.4, -0.2) is 27.2 Å². The number of ether oxygens (including phenoxy) is 1. The highest BCUT2D eigenvalue weighted by Crippen LogP contribution is 2.28. The topological polar surface area (TPSA) is 54.9 Å². The van der Waals surface area contributed by atoms with Gasteiger partial charge in [-0.05, 0) is 36.8 Å². The number of hydrogen-bond acceptors (Lipinski definition) is 3. The fourth-order valence-electron chi connectivity index (χ4n) is 3.63. The summed E-state index contributed by atoms with van der Waals surface area (Å²) in [6, 6.07) is 8.84. The predicted octanol–water partition coefficient (Wildman–Crippen LogP) is 3.39. The minimum atomic E-state index is 0.0246. The van der Waals surface area contributed by atoms with Crippen molar-refractivity contribution in [3.05, 3.63) is 54.2 Å². The van der Waals surface area contributed by atoms with Crippen molar-refractivity contribution in [2.24, 2.45) is 0 Å². The van der Waals surface area contributed by atoms with Gasteiger partial charge in [-0.15, -0.1) is 0 Å². The lowest BCUT2D eigenvalue weighted by Crippen LogP contribution is -2.40. The van der Waals surface area contributed by atoms with E-state index in [0.717, 1.165) is 38.4 Å². The highest BCUT2D eigenvalue weighted by atomic mass is 16.5. The molecule has 2 N–H and O–H groups in total. The van der Waals surface area contributed by atoms with Crippen LogP contribution in [0.15, 0.2) is 42.9 Å². The Bertz CT molecular complexity index is 806. The Morgan fingerprint density at radius 3 is 3.25 bits per heavy atom. The molecule has 0 aliphatic carbocycles. The van der Waals surface area contributed by atoms with Gasteiger partial charge in [-0.2, -0.15) is 0 Å². The van der Waals surface area contributed by atoms with Crippen LogP contribution >= 0.6 is 0 Å². The summed E-state index contributed by atoms with van der Waals surface area (Å²) < 4.78 is 8.26. The van der Waals surface area contributed by atoms with Crippen molar-refractivity contribution in [3.63, 3.8) is 0 Å². The Kier molecular flexibility index (Phi) is 4.36. The first-order valence-corrected chi connectivity index (χ1v) is 8.78. The molecule has 3 aromatic rings. The van der Waals surface area contributed by atoms with Gasteiger partial charge in [0.25, 0.3) is 0 Å². The van der Waals surface area contributed by atoms with E-state index < -0.39 is 0 Å². The number of nitrogens with zero attached hydrogens (tertiary/aromatic N) is 2. The van der Waals surface area contributed by atoms with Crippen molar-refractivity contribution < 1.29 is 4.74 Å². The molecule has 0 amide bonds. The van der Waals surface area contributed by atoms with Gasteiger partial charge in [0.15, 0.2) is 0 Å². The standard InChI is InChI=1S/C19H24N4O/c1-2-23-11-10-21-19(23)18-16(7-4-12-24-18)22-13-15-6-3-5-14-8-9-20-17(14)15/h3,5-6,8-11,16,18,20,22H,2,4,7,12-13H2,1H3/t16-,18-/m0/s1. The van der Waals surface area contributed by atoms with E-state index in [0.29, 0.717) is 0 Å².